The molecular weight excluding hydrogens is 278 g/mol. The summed E-state index contributed by atoms with van der Waals surface area (Å²) in [6.45, 7) is 2.71. The molecule has 1 heterocycles. The zero-order valence-electron chi connectivity index (χ0n) is 11.9. The van der Waals surface area contributed by atoms with Crippen LogP contribution in [0.15, 0.2) is 18.2 Å². The largest absolute Gasteiger partial charge is 0.306 e. The molecule has 0 spiro atoms. The number of halogens is 1. The maximum absolute atomic E-state index is 11.1. The van der Waals surface area contributed by atoms with Gasteiger partial charge in [0.05, 0.1) is 4.92 Å². The summed E-state index contributed by atoms with van der Waals surface area (Å²) in [4.78, 5) is 15.2. The maximum Gasteiger partial charge on any atom is 0.273 e. The Kier molecular flexibility index (Phi) is 4.96. The summed E-state index contributed by atoms with van der Waals surface area (Å²) in [6, 6.07) is 5.23. The molecule has 5 nitrogen and oxygen atoms in total. The molecule has 0 radical (unpaired) electrons. The van der Waals surface area contributed by atoms with E-state index < -0.39 is 0 Å². The number of nitro groups is 1. The van der Waals surface area contributed by atoms with Gasteiger partial charge in [-0.3, -0.25) is 15.0 Å². The van der Waals surface area contributed by atoms with Crippen LogP contribution in [0.2, 0.25) is 5.02 Å². The SMILES string of the molecule is CN1CCC(N(C)Cc2cc(Cl)ccc2[N+](=O)[O-])CC1. The Morgan fingerprint density at radius 3 is 2.70 bits per heavy atom. The van der Waals surface area contributed by atoms with Gasteiger partial charge in [0.2, 0.25) is 0 Å². The fraction of sp³-hybridized carbons (Fsp3) is 0.571. The zero-order chi connectivity index (χ0) is 14.7. The lowest BCUT2D eigenvalue weighted by atomic mass is 10.0. The van der Waals surface area contributed by atoms with Crippen molar-refractivity contribution < 1.29 is 4.92 Å². The minimum atomic E-state index is -0.339. The van der Waals surface area contributed by atoms with E-state index in [1.54, 1.807) is 12.1 Å². The summed E-state index contributed by atoms with van der Waals surface area (Å²) in [5, 5.41) is 11.6. The molecule has 0 bridgehead atoms. The van der Waals surface area contributed by atoms with Gasteiger partial charge in [0, 0.05) is 29.2 Å². The Bertz CT molecular complexity index is 487. The van der Waals surface area contributed by atoms with Crippen molar-refractivity contribution in [2.45, 2.75) is 25.4 Å². The highest BCUT2D eigenvalue weighted by atomic mass is 35.5. The fourth-order valence-electron chi connectivity index (χ4n) is 2.69. The number of nitrogens with zero attached hydrogens (tertiary/aromatic N) is 3. The van der Waals surface area contributed by atoms with Crippen LogP contribution in [-0.2, 0) is 6.54 Å². The molecule has 0 atom stereocenters. The third-order valence-corrected chi connectivity index (χ3v) is 4.20. The van der Waals surface area contributed by atoms with Gasteiger partial charge in [-0.15, -0.1) is 0 Å². The van der Waals surface area contributed by atoms with Gasteiger partial charge < -0.3 is 4.90 Å². The summed E-state index contributed by atoms with van der Waals surface area (Å²) in [7, 11) is 4.15. The molecule has 0 unspecified atom stereocenters. The number of benzene rings is 1. The van der Waals surface area contributed by atoms with E-state index in [2.05, 4.69) is 16.8 Å². The second-order valence-corrected chi connectivity index (χ2v) is 5.92. The van der Waals surface area contributed by atoms with Gasteiger partial charge in [0.25, 0.3) is 5.69 Å². The summed E-state index contributed by atoms with van der Waals surface area (Å²) in [6.07, 6.45) is 2.20. The molecule has 0 aromatic heterocycles. The maximum atomic E-state index is 11.1. The number of nitro benzene ring substituents is 1. The lowest BCUT2D eigenvalue weighted by molar-refractivity contribution is -0.385. The van der Waals surface area contributed by atoms with Crippen molar-refractivity contribution in [1.82, 2.24) is 9.80 Å². The number of rotatable bonds is 4. The summed E-state index contributed by atoms with van der Waals surface area (Å²) in [5.74, 6) is 0. The number of likely N-dealkylation sites (tertiary alicyclic amines) is 1. The summed E-state index contributed by atoms with van der Waals surface area (Å²) in [5.41, 5.74) is 0.832. The highest BCUT2D eigenvalue weighted by molar-refractivity contribution is 6.30. The van der Waals surface area contributed by atoms with Gasteiger partial charge in [-0.05, 0) is 52.2 Å². The van der Waals surface area contributed by atoms with Gasteiger partial charge in [-0.1, -0.05) is 11.6 Å². The molecule has 0 aliphatic carbocycles. The van der Waals surface area contributed by atoms with Crippen LogP contribution in [0.1, 0.15) is 18.4 Å². The van der Waals surface area contributed by atoms with E-state index >= 15 is 0 Å². The Balaban J connectivity index is 2.09. The van der Waals surface area contributed by atoms with E-state index in [1.165, 1.54) is 6.07 Å². The molecule has 6 heteroatoms. The van der Waals surface area contributed by atoms with Crippen molar-refractivity contribution >= 4 is 17.3 Å². The molecule has 0 amide bonds. The van der Waals surface area contributed by atoms with Crippen LogP contribution in [0.3, 0.4) is 0 Å². The van der Waals surface area contributed by atoms with E-state index in [9.17, 15) is 10.1 Å². The van der Waals surface area contributed by atoms with Gasteiger partial charge in [-0.2, -0.15) is 0 Å². The molecule has 1 aromatic carbocycles. The van der Waals surface area contributed by atoms with Gasteiger partial charge >= 0.3 is 0 Å². The van der Waals surface area contributed by atoms with Crippen molar-refractivity contribution in [2.75, 3.05) is 27.2 Å². The first-order valence-corrected chi connectivity index (χ1v) is 7.17. The molecule has 0 N–H and O–H groups in total. The molecule has 20 heavy (non-hydrogen) atoms. The van der Waals surface area contributed by atoms with E-state index in [0.717, 1.165) is 25.9 Å². The van der Waals surface area contributed by atoms with Crippen LogP contribution < -0.4 is 0 Å². The first-order chi connectivity index (χ1) is 9.47. The zero-order valence-corrected chi connectivity index (χ0v) is 12.6. The average Bonchev–Trinajstić information content (AvgIpc) is 2.39. The lowest BCUT2D eigenvalue weighted by Gasteiger charge is -2.35. The average molecular weight is 298 g/mol. The molecule has 1 aliphatic rings. The quantitative estimate of drug-likeness (QED) is 0.633. The van der Waals surface area contributed by atoms with E-state index in [4.69, 9.17) is 11.6 Å². The molecule has 0 saturated carbocycles. The van der Waals surface area contributed by atoms with Crippen LogP contribution in [-0.4, -0.2) is 47.9 Å². The highest BCUT2D eigenvalue weighted by Gasteiger charge is 2.23. The minimum Gasteiger partial charge on any atom is -0.306 e. The van der Waals surface area contributed by atoms with Crippen molar-refractivity contribution in [3.05, 3.63) is 38.9 Å². The molecule has 1 saturated heterocycles. The van der Waals surface area contributed by atoms with Gasteiger partial charge in [0.1, 0.15) is 0 Å². The van der Waals surface area contributed by atoms with Crippen LogP contribution in [0.4, 0.5) is 5.69 Å². The van der Waals surface area contributed by atoms with Crippen molar-refractivity contribution in [2.24, 2.45) is 0 Å². The van der Waals surface area contributed by atoms with Crippen LogP contribution in [0.5, 0.6) is 0 Å². The fourth-order valence-corrected chi connectivity index (χ4v) is 2.89. The summed E-state index contributed by atoms with van der Waals surface area (Å²) < 4.78 is 0. The van der Waals surface area contributed by atoms with Crippen molar-refractivity contribution in [3.8, 4) is 0 Å². The summed E-state index contributed by atoms with van der Waals surface area (Å²) >= 11 is 5.96. The first-order valence-electron chi connectivity index (χ1n) is 6.79. The van der Waals surface area contributed by atoms with E-state index in [0.29, 0.717) is 23.2 Å². The Hall–Kier alpha value is -1.17. The predicted molar refractivity (Wildman–Crippen MR) is 80.1 cm³/mol. The molecule has 1 aliphatic heterocycles. The number of hydrogen-bond acceptors (Lipinski definition) is 4. The lowest BCUT2D eigenvalue weighted by Crippen LogP contribution is -2.41. The Labute approximate surface area is 124 Å². The van der Waals surface area contributed by atoms with Crippen LogP contribution in [0.25, 0.3) is 0 Å². The van der Waals surface area contributed by atoms with Gasteiger partial charge in [-0.25, -0.2) is 0 Å². The first kappa shape index (κ1) is 15.2. The second kappa shape index (κ2) is 6.52. The number of hydrogen-bond donors (Lipinski definition) is 0. The van der Waals surface area contributed by atoms with Crippen LogP contribution in [0, 0.1) is 10.1 Å². The standard InChI is InChI=1S/C14H20ClN3O2/c1-16-7-5-13(6-8-16)17(2)10-11-9-12(15)3-4-14(11)18(19)20/h3-4,9,13H,5-8,10H2,1-2H3. The molecule has 110 valence electrons. The number of piperidine rings is 1. The Morgan fingerprint density at radius 1 is 1.45 bits per heavy atom. The monoisotopic (exact) mass is 297 g/mol. The Morgan fingerprint density at radius 2 is 2.10 bits per heavy atom. The van der Waals surface area contributed by atoms with Crippen LogP contribution >= 0.6 is 11.6 Å². The topological polar surface area (TPSA) is 49.6 Å². The van der Waals surface area contributed by atoms with Gasteiger partial charge in [0.15, 0.2) is 0 Å². The van der Waals surface area contributed by atoms with E-state index in [-0.39, 0.29) is 10.6 Å². The molecular formula is C14H20ClN3O2. The van der Waals surface area contributed by atoms with E-state index in [1.807, 2.05) is 7.05 Å². The molecule has 2 rings (SSSR count). The second-order valence-electron chi connectivity index (χ2n) is 5.48. The third kappa shape index (κ3) is 3.69. The third-order valence-electron chi connectivity index (χ3n) is 3.97. The molecule has 1 fully saturated rings. The molecule has 1 aromatic rings. The van der Waals surface area contributed by atoms with Crippen molar-refractivity contribution in [1.29, 1.82) is 0 Å². The highest BCUT2D eigenvalue weighted by Crippen LogP contribution is 2.25. The predicted octanol–water partition coefficient (Wildman–Crippen LogP) is 2.77. The smallest absolute Gasteiger partial charge is 0.273 e. The minimum absolute atomic E-state index is 0.147. The normalized spacial score (nSPS) is 17.6. The van der Waals surface area contributed by atoms with Crippen molar-refractivity contribution in [3.63, 3.8) is 0 Å².